The number of alkyl halides is 2. The number of rotatable bonds is 7. The molecule has 0 aliphatic carbocycles. The molecule has 1 aromatic heterocycles. The van der Waals surface area contributed by atoms with Crippen LogP contribution in [-0.4, -0.2) is 18.2 Å². The van der Waals surface area contributed by atoms with Crippen molar-refractivity contribution in [1.82, 2.24) is 5.32 Å². The number of carbonyl (C=O) groups excluding carboxylic acids is 1. The Morgan fingerprint density at radius 3 is 2.52 bits per heavy atom. The molecule has 1 unspecified atom stereocenters. The van der Waals surface area contributed by atoms with Crippen molar-refractivity contribution in [3.8, 4) is 0 Å². The second kappa shape index (κ2) is 8.78. The lowest BCUT2D eigenvalue weighted by atomic mass is 9.86. The van der Waals surface area contributed by atoms with Crippen LogP contribution < -0.4 is 10.6 Å². The molecule has 0 spiro atoms. The average Bonchev–Trinajstić information content (AvgIpc) is 3.01. The molecule has 1 atom stereocenters. The van der Waals surface area contributed by atoms with E-state index >= 15 is 0 Å². The Labute approximate surface area is 155 Å². The Bertz CT molecular complexity index is 685. The summed E-state index contributed by atoms with van der Waals surface area (Å²) in [7, 11) is 0. The number of carbonyl (C=O) groups is 1. The maximum Gasteiger partial charge on any atom is 0.288 e. The third-order valence-corrected chi connectivity index (χ3v) is 5.26. The second-order valence-corrected chi connectivity index (χ2v) is 8.63. The van der Waals surface area contributed by atoms with Crippen molar-refractivity contribution in [3.63, 3.8) is 0 Å². The van der Waals surface area contributed by atoms with E-state index in [1.165, 1.54) is 0 Å². The molecule has 0 saturated carbocycles. The van der Waals surface area contributed by atoms with Gasteiger partial charge in [0, 0.05) is 15.8 Å². The fourth-order valence-electron chi connectivity index (χ4n) is 2.45. The molecule has 1 amide bonds. The van der Waals surface area contributed by atoms with Gasteiger partial charge in [-0.25, -0.2) is 0 Å². The van der Waals surface area contributed by atoms with Crippen LogP contribution in [0.4, 0.5) is 14.5 Å². The zero-order valence-corrected chi connectivity index (χ0v) is 16.0. The van der Waals surface area contributed by atoms with E-state index in [0.717, 1.165) is 4.88 Å². The number of anilines is 1. The Kier molecular flexibility index (Phi) is 6.98. The van der Waals surface area contributed by atoms with E-state index in [1.54, 1.807) is 35.6 Å². The number of benzene rings is 1. The van der Waals surface area contributed by atoms with E-state index in [2.05, 4.69) is 31.4 Å². The highest BCUT2D eigenvalue weighted by Gasteiger charge is 2.27. The lowest BCUT2D eigenvalue weighted by molar-refractivity contribution is -0.115. The molecule has 0 saturated heterocycles. The summed E-state index contributed by atoms with van der Waals surface area (Å²) < 4.78 is 25.2. The average molecular weight is 385 g/mol. The lowest BCUT2D eigenvalue weighted by Crippen LogP contribution is -2.37. The predicted octanol–water partition coefficient (Wildman–Crippen LogP) is 5.38. The number of thiophene rings is 1. The van der Waals surface area contributed by atoms with Crippen LogP contribution in [0.5, 0.6) is 0 Å². The molecule has 0 radical (unpaired) electrons. The highest BCUT2D eigenvalue weighted by Crippen LogP contribution is 2.35. The normalized spacial score (nSPS) is 13.0. The Morgan fingerprint density at radius 2 is 1.92 bits per heavy atom. The monoisotopic (exact) mass is 384 g/mol. The van der Waals surface area contributed by atoms with E-state index in [4.69, 9.17) is 0 Å². The zero-order valence-electron chi connectivity index (χ0n) is 14.4. The Balaban J connectivity index is 2.01. The number of nitrogens with one attached hydrogen (secondary N) is 2. The summed E-state index contributed by atoms with van der Waals surface area (Å²) >= 11 is 2.07. The van der Waals surface area contributed by atoms with Gasteiger partial charge in [-0.3, -0.25) is 4.79 Å². The van der Waals surface area contributed by atoms with Crippen molar-refractivity contribution in [2.75, 3.05) is 11.9 Å². The molecule has 0 bridgehead atoms. The molecule has 7 heteroatoms. The number of para-hydroxylation sites is 1. The molecule has 2 rings (SSSR count). The Morgan fingerprint density at radius 1 is 1.20 bits per heavy atom. The van der Waals surface area contributed by atoms with Gasteiger partial charge in [-0.05, 0) is 29.0 Å². The molecule has 0 aliphatic heterocycles. The molecular formula is C18H22F2N2OS2. The summed E-state index contributed by atoms with van der Waals surface area (Å²) in [6.45, 7) is 6.43. The minimum absolute atomic E-state index is 0.0314. The smallest absolute Gasteiger partial charge is 0.288 e. The fourth-order valence-corrected chi connectivity index (χ4v) is 4.09. The first-order chi connectivity index (χ1) is 11.8. The highest BCUT2D eigenvalue weighted by molar-refractivity contribution is 7.99. The van der Waals surface area contributed by atoms with Crippen LogP contribution in [0.3, 0.4) is 0 Å². The van der Waals surface area contributed by atoms with E-state index < -0.39 is 5.76 Å². The predicted molar refractivity (Wildman–Crippen MR) is 101 cm³/mol. The first-order valence-corrected chi connectivity index (χ1v) is 9.64. The molecule has 0 aliphatic rings. The molecule has 1 heterocycles. The first kappa shape index (κ1) is 19.9. The van der Waals surface area contributed by atoms with Crippen LogP contribution in [0.1, 0.15) is 31.7 Å². The summed E-state index contributed by atoms with van der Waals surface area (Å²) in [6.07, 6.45) is 0. The number of amides is 1. The summed E-state index contributed by atoms with van der Waals surface area (Å²) in [5.41, 5.74) is 0.345. The van der Waals surface area contributed by atoms with Crippen molar-refractivity contribution >= 4 is 34.7 Å². The van der Waals surface area contributed by atoms with Gasteiger partial charge in [-0.2, -0.15) is 8.78 Å². The highest BCUT2D eigenvalue weighted by atomic mass is 32.2. The minimum atomic E-state index is -2.53. The van der Waals surface area contributed by atoms with Gasteiger partial charge in [-0.1, -0.05) is 50.7 Å². The van der Waals surface area contributed by atoms with Gasteiger partial charge in [0.2, 0.25) is 5.91 Å². The quantitative estimate of drug-likeness (QED) is 0.630. The molecule has 0 fully saturated rings. The molecule has 1 aromatic carbocycles. The van der Waals surface area contributed by atoms with Crippen molar-refractivity contribution in [2.45, 2.75) is 37.5 Å². The Hall–Kier alpha value is -1.44. The largest absolute Gasteiger partial charge is 0.324 e. The van der Waals surface area contributed by atoms with Gasteiger partial charge >= 0.3 is 0 Å². The third kappa shape index (κ3) is 6.09. The fraction of sp³-hybridized carbons (Fsp3) is 0.389. The van der Waals surface area contributed by atoms with Crippen LogP contribution in [0.2, 0.25) is 0 Å². The third-order valence-electron chi connectivity index (χ3n) is 3.54. The van der Waals surface area contributed by atoms with Crippen molar-refractivity contribution in [1.29, 1.82) is 0 Å². The van der Waals surface area contributed by atoms with Crippen molar-refractivity contribution in [3.05, 3.63) is 46.7 Å². The van der Waals surface area contributed by atoms with Gasteiger partial charge in [0.1, 0.15) is 0 Å². The van der Waals surface area contributed by atoms with Gasteiger partial charge < -0.3 is 10.6 Å². The summed E-state index contributed by atoms with van der Waals surface area (Å²) in [4.78, 5) is 13.8. The van der Waals surface area contributed by atoms with Crippen molar-refractivity contribution < 1.29 is 13.6 Å². The van der Waals surface area contributed by atoms with Crippen molar-refractivity contribution in [2.24, 2.45) is 5.41 Å². The summed E-state index contributed by atoms with van der Waals surface area (Å²) in [5, 5.41) is 8.01. The van der Waals surface area contributed by atoms with Crippen LogP contribution in [-0.2, 0) is 4.79 Å². The SMILES string of the molecule is CC(C)(C)C(NCC(=O)Nc1ccccc1SC(F)F)c1cccs1. The van der Waals surface area contributed by atoms with E-state index in [0.29, 0.717) is 22.3 Å². The number of thioether (sulfide) groups is 1. The van der Waals surface area contributed by atoms with Crippen LogP contribution in [0.15, 0.2) is 46.7 Å². The second-order valence-electron chi connectivity index (χ2n) is 6.62. The molecule has 2 N–H and O–H groups in total. The number of halogens is 2. The van der Waals surface area contributed by atoms with Crippen LogP contribution in [0, 0.1) is 5.41 Å². The first-order valence-electron chi connectivity index (χ1n) is 7.88. The molecule has 3 nitrogen and oxygen atoms in total. The molecular weight excluding hydrogens is 362 g/mol. The van der Waals surface area contributed by atoms with Gasteiger partial charge in [0.05, 0.1) is 12.2 Å². The topological polar surface area (TPSA) is 41.1 Å². The maximum atomic E-state index is 12.6. The van der Waals surface area contributed by atoms with Gasteiger partial charge in [-0.15, -0.1) is 11.3 Å². The molecule has 2 aromatic rings. The van der Waals surface area contributed by atoms with E-state index in [9.17, 15) is 13.6 Å². The minimum Gasteiger partial charge on any atom is -0.324 e. The number of hydrogen-bond acceptors (Lipinski definition) is 4. The zero-order chi connectivity index (χ0) is 18.4. The summed E-state index contributed by atoms with van der Waals surface area (Å²) in [6, 6.07) is 10.6. The van der Waals surface area contributed by atoms with Crippen LogP contribution in [0.25, 0.3) is 0 Å². The maximum absolute atomic E-state index is 12.6. The van der Waals surface area contributed by atoms with E-state index in [1.807, 2.05) is 17.5 Å². The lowest BCUT2D eigenvalue weighted by Gasteiger charge is -2.30. The molecule has 25 heavy (non-hydrogen) atoms. The van der Waals surface area contributed by atoms with Gasteiger partial charge in [0.25, 0.3) is 5.76 Å². The van der Waals surface area contributed by atoms with Crippen LogP contribution >= 0.6 is 23.1 Å². The number of hydrogen-bond donors (Lipinski definition) is 2. The summed E-state index contributed by atoms with van der Waals surface area (Å²) in [5.74, 6) is -2.78. The standard InChI is InChI=1S/C18H22F2N2OS2/c1-18(2,3)16(14-9-6-10-24-14)21-11-15(23)22-12-7-4-5-8-13(12)25-17(19)20/h4-10,16-17,21H,11H2,1-3H3,(H,22,23). The van der Waals surface area contributed by atoms with E-state index in [-0.39, 0.29) is 23.9 Å². The van der Waals surface area contributed by atoms with Gasteiger partial charge in [0.15, 0.2) is 0 Å². The molecule has 136 valence electrons.